The van der Waals surface area contributed by atoms with Crippen LogP contribution in [0.3, 0.4) is 0 Å². The summed E-state index contributed by atoms with van der Waals surface area (Å²) in [5, 5.41) is 3.38. The smallest absolute Gasteiger partial charge is 0.162 e. The number of rotatable bonds is 7. The topological polar surface area (TPSA) is 39.7 Å². The van der Waals surface area contributed by atoms with Crippen LogP contribution in [0.15, 0.2) is 40.9 Å². The van der Waals surface area contributed by atoms with E-state index < -0.39 is 0 Å². The number of benzene rings is 2. The van der Waals surface area contributed by atoms with Gasteiger partial charge in [-0.3, -0.25) is 0 Å². The average Bonchev–Trinajstić information content (AvgIpc) is 2.54. The molecule has 23 heavy (non-hydrogen) atoms. The zero-order valence-corrected chi connectivity index (χ0v) is 15.4. The fraction of sp³-hybridized carbons (Fsp3) is 0.333. The van der Waals surface area contributed by atoms with Gasteiger partial charge in [0.1, 0.15) is 5.75 Å². The molecule has 0 radical (unpaired) electrons. The molecule has 2 rings (SSSR count). The lowest BCUT2D eigenvalue weighted by Crippen LogP contribution is -2.08. The minimum absolute atomic E-state index is 0.0964. The Balaban J connectivity index is 2.12. The molecule has 0 heterocycles. The Morgan fingerprint density at radius 3 is 2.26 bits per heavy atom. The molecule has 0 aliphatic carbocycles. The second-order valence-electron chi connectivity index (χ2n) is 5.34. The second-order valence-corrected chi connectivity index (χ2v) is 6.20. The van der Waals surface area contributed by atoms with Crippen molar-refractivity contribution in [3.63, 3.8) is 0 Å². The lowest BCUT2D eigenvalue weighted by molar-refractivity contribution is 0.230. The number of nitrogens with one attached hydrogen (secondary N) is 1. The average molecular weight is 380 g/mol. The molecule has 1 N–H and O–H groups in total. The first-order valence-corrected chi connectivity index (χ1v) is 8.23. The maximum Gasteiger partial charge on any atom is 0.162 e. The highest BCUT2D eigenvalue weighted by atomic mass is 79.9. The molecule has 0 amide bonds. The Morgan fingerprint density at radius 2 is 1.70 bits per heavy atom. The first-order chi connectivity index (χ1) is 11.0. The molecule has 2 aromatic rings. The van der Waals surface area contributed by atoms with Gasteiger partial charge in [0, 0.05) is 16.7 Å². The van der Waals surface area contributed by atoms with E-state index in [-0.39, 0.29) is 6.10 Å². The van der Waals surface area contributed by atoms with Crippen molar-refractivity contribution in [1.29, 1.82) is 0 Å². The van der Waals surface area contributed by atoms with Gasteiger partial charge < -0.3 is 19.5 Å². The predicted octanol–water partition coefficient (Wildman–Crippen LogP) is 4.87. The van der Waals surface area contributed by atoms with Gasteiger partial charge in [0.25, 0.3) is 0 Å². The van der Waals surface area contributed by atoms with Crippen LogP contribution in [-0.4, -0.2) is 20.3 Å². The number of anilines is 1. The van der Waals surface area contributed by atoms with Crippen molar-refractivity contribution >= 4 is 21.6 Å². The highest BCUT2D eigenvalue weighted by Gasteiger charge is 2.11. The van der Waals surface area contributed by atoms with E-state index in [1.807, 2.05) is 50.2 Å². The summed E-state index contributed by atoms with van der Waals surface area (Å²) in [4.78, 5) is 0. The van der Waals surface area contributed by atoms with E-state index in [4.69, 9.17) is 14.2 Å². The lowest BCUT2D eigenvalue weighted by atomic mass is 10.2. The van der Waals surface area contributed by atoms with Gasteiger partial charge >= 0.3 is 0 Å². The van der Waals surface area contributed by atoms with Crippen LogP contribution < -0.4 is 19.5 Å². The summed E-state index contributed by atoms with van der Waals surface area (Å²) in [6.07, 6.45) is 0.0964. The molecule has 0 saturated heterocycles. The molecule has 0 unspecified atom stereocenters. The van der Waals surface area contributed by atoms with Crippen molar-refractivity contribution in [3.05, 3.63) is 46.4 Å². The van der Waals surface area contributed by atoms with Crippen LogP contribution in [0.4, 0.5) is 5.69 Å². The highest BCUT2D eigenvalue weighted by Crippen LogP contribution is 2.34. The summed E-state index contributed by atoms with van der Waals surface area (Å²) in [6.45, 7) is 4.66. The third kappa shape index (κ3) is 4.79. The maximum atomic E-state index is 5.77. The minimum atomic E-state index is 0.0964. The summed E-state index contributed by atoms with van der Waals surface area (Å²) >= 11 is 3.60. The molecule has 4 nitrogen and oxygen atoms in total. The molecular formula is C18H22BrNO3. The van der Waals surface area contributed by atoms with Gasteiger partial charge in [0.05, 0.1) is 20.3 Å². The standard InChI is InChI=1S/C18H22BrNO3/c1-12(2)23-18-10-16(19)13(9-17(18)22-4)11-20-14-5-7-15(21-3)8-6-14/h5-10,12,20H,11H2,1-4H3. The van der Waals surface area contributed by atoms with E-state index in [1.54, 1.807) is 14.2 Å². The summed E-state index contributed by atoms with van der Waals surface area (Å²) < 4.78 is 17.3. The zero-order valence-electron chi connectivity index (χ0n) is 13.9. The van der Waals surface area contributed by atoms with Gasteiger partial charge in [-0.15, -0.1) is 0 Å². The normalized spacial score (nSPS) is 10.5. The van der Waals surface area contributed by atoms with Crippen LogP contribution in [0.25, 0.3) is 0 Å². The van der Waals surface area contributed by atoms with E-state index in [1.165, 1.54) is 0 Å². The third-order valence-corrected chi connectivity index (χ3v) is 4.01. The number of hydrogen-bond donors (Lipinski definition) is 1. The summed E-state index contributed by atoms with van der Waals surface area (Å²) in [5.41, 5.74) is 2.12. The molecule has 5 heteroatoms. The summed E-state index contributed by atoms with van der Waals surface area (Å²) in [7, 11) is 3.31. The minimum Gasteiger partial charge on any atom is -0.497 e. The molecule has 0 atom stereocenters. The van der Waals surface area contributed by atoms with Gasteiger partial charge in [-0.1, -0.05) is 15.9 Å². The molecule has 0 saturated carbocycles. The van der Waals surface area contributed by atoms with Crippen molar-refractivity contribution in [3.8, 4) is 17.2 Å². The van der Waals surface area contributed by atoms with Crippen molar-refractivity contribution in [1.82, 2.24) is 0 Å². The Labute approximate surface area is 145 Å². The van der Waals surface area contributed by atoms with Crippen LogP contribution in [0.2, 0.25) is 0 Å². The van der Waals surface area contributed by atoms with E-state index >= 15 is 0 Å². The molecular weight excluding hydrogens is 358 g/mol. The van der Waals surface area contributed by atoms with E-state index in [2.05, 4.69) is 21.2 Å². The Kier molecular flexibility index (Phi) is 6.16. The molecule has 0 aromatic heterocycles. The summed E-state index contributed by atoms with van der Waals surface area (Å²) in [6, 6.07) is 11.8. The van der Waals surface area contributed by atoms with Gasteiger partial charge in [0.2, 0.25) is 0 Å². The number of halogens is 1. The van der Waals surface area contributed by atoms with Crippen LogP contribution in [-0.2, 0) is 6.54 Å². The summed E-state index contributed by atoms with van der Waals surface area (Å²) in [5.74, 6) is 2.31. The van der Waals surface area contributed by atoms with Crippen LogP contribution >= 0.6 is 15.9 Å². The van der Waals surface area contributed by atoms with Crippen LogP contribution in [0.1, 0.15) is 19.4 Å². The fourth-order valence-electron chi connectivity index (χ4n) is 2.12. The fourth-order valence-corrected chi connectivity index (χ4v) is 2.59. The van der Waals surface area contributed by atoms with Crippen molar-refractivity contribution in [2.24, 2.45) is 0 Å². The molecule has 0 aliphatic heterocycles. The quantitative estimate of drug-likeness (QED) is 0.744. The van der Waals surface area contributed by atoms with Crippen molar-refractivity contribution in [2.75, 3.05) is 19.5 Å². The molecule has 124 valence electrons. The highest BCUT2D eigenvalue weighted by molar-refractivity contribution is 9.10. The molecule has 0 spiro atoms. The molecule has 0 aliphatic rings. The first-order valence-electron chi connectivity index (χ1n) is 7.44. The molecule has 2 aromatic carbocycles. The van der Waals surface area contributed by atoms with Gasteiger partial charge in [-0.25, -0.2) is 0 Å². The first kappa shape index (κ1) is 17.5. The third-order valence-electron chi connectivity index (χ3n) is 3.27. The second kappa shape index (κ2) is 8.11. The van der Waals surface area contributed by atoms with Crippen LogP contribution in [0, 0.1) is 0 Å². The molecule has 0 bridgehead atoms. The van der Waals surface area contributed by atoms with Gasteiger partial charge in [-0.2, -0.15) is 0 Å². The Hall–Kier alpha value is -1.88. The van der Waals surface area contributed by atoms with Gasteiger partial charge in [0.15, 0.2) is 11.5 Å². The van der Waals surface area contributed by atoms with E-state index in [9.17, 15) is 0 Å². The van der Waals surface area contributed by atoms with E-state index in [0.29, 0.717) is 6.54 Å². The SMILES string of the molecule is COc1ccc(NCc2cc(OC)c(OC(C)C)cc2Br)cc1. The number of ether oxygens (including phenoxy) is 3. The van der Waals surface area contributed by atoms with Gasteiger partial charge in [-0.05, 0) is 55.8 Å². The zero-order chi connectivity index (χ0) is 16.8. The Morgan fingerprint density at radius 1 is 1.00 bits per heavy atom. The van der Waals surface area contributed by atoms with E-state index in [0.717, 1.165) is 33.0 Å². The Bertz CT molecular complexity index is 641. The molecule has 0 fully saturated rings. The van der Waals surface area contributed by atoms with Crippen molar-refractivity contribution < 1.29 is 14.2 Å². The van der Waals surface area contributed by atoms with Crippen LogP contribution in [0.5, 0.6) is 17.2 Å². The monoisotopic (exact) mass is 379 g/mol. The van der Waals surface area contributed by atoms with Crippen molar-refractivity contribution in [2.45, 2.75) is 26.5 Å². The largest absolute Gasteiger partial charge is 0.497 e. The predicted molar refractivity (Wildman–Crippen MR) is 96.8 cm³/mol. The maximum absolute atomic E-state index is 5.77. The lowest BCUT2D eigenvalue weighted by Gasteiger charge is -2.16. The number of methoxy groups -OCH3 is 2. The number of hydrogen-bond acceptors (Lipinski definition) is 4.